The summed E-state index contributed by atoms with van der Waals surface area (Å²) in [5.74, 6) is 0.461. The van der Waals surface area contributed by atoms with Crippen molar-refractivity contribution in [3.8, 4) is 0 Å². The molecule has 0 aliphatic rings. The molecule has 0 unspecified atom stereocenters. The van der Waals surface area contributed by atoms with Gasteiger partial charge >= 0.3 is 0 Å². The molecular formula is C13H28O4. The molecule has 0 aliphatic carbocycles. The minimum atomic E-state index is -0.393. The maximum absolute atomic E-state index is 9.43. The van der Waals surface area contributed by atoms with Gasteiger partial charge < -0.3 is 19.7 Å². The Bertz CT molecular complexity index is 167. The van der Waals surface area contributed by atoms with Gasteiger partial charge in [-0.05, 0) is 25.2 Å². The van der Waals surface area contributed by atoms with Gasteiger partial charge in [-0.3, -0.25) is 0 Å². The third-order valence-corrected chi connectivity index (χ3v) is 2.93. The van der Waals surface area contributed by atoms with E-state index in [0.717, 1.165) is 12.8 Å². The van der Waals surface area contributed by atoms with Crippen molar-refractivity contribution < 1.29 is 19.7 Å². The fourth-order valence-electron chi connectivity index (χ4n) is 2.00. The summed E-state index contributed by atoms with van der Waals surface area (Å²) in [7, 11) is 1.67. The second kappa shape index (κ2) is 9.83. The van der Waals surface area contributed by atoms with Crippen molar-refractivity contribution in [1.82, 2.24) is 0 Å². The smallest absolute Gasteiger partial charge is 0.0510 e. The van der Waals surface area contributed by atoms with Crippen LogP contribution in [0.25, 0.3) is 0 Å². The van der Waals surface area contributed by atoms with Crippen LogP contribution in [-0.4, -0.2) is 50.4 Å². The van der Waals surface area contributed by atoms with Crippen LogP contribution in [0.4, 0.5) is 0 Å². The van der Waals surface area contributed by atoms with Gasteiger partial charge in [-0.25, -0.2) is 0 Å². The molecular weight excluding hydrogens is 220 g/mol. The Balaban J connectivity index is 3.84. The first kappa shape index (κ1) is 16.8. The first-order valence-corrected chi connectivity index (χ1v) is 6.38. The molecule has 0 aromatic carbocycles. The highest BCUT2D eigenvalue weighted by atomic mass is 16.5. The van der Waals surface area contributed by atoms with Gasteiger partial charge in [-0.15, -0.1) is 0 Å². The lowest BCUT2D eigenvalue weighted by Gasteiger charge is -2.31. The molecule has 0 aromatic heterocycles. The highest BCUT2D eigenvalue weighted by molar-refractivity contribution is 4.79. The van der Waals surface area contributed by atoms with Crippen LogP contribution in [0.2, 0.25) is 0 Å². The van der Waals surface area contributed by atoms with Crippen LogP contribution < -0.4 is 0 Å². The molecule has 4 nitrogen and oxygen atoms in total. The molecule has 0 radical (unpaired) electrons. The Morgan fingerprint density at radius 3 is 2.18 bits per heavy atom. The monoisotopic (exact) mass is 248 g/mol. The number of rotatable bonds is 11. The van der Waals surface area contributed by atoms with Crippen molar-refractivity contribution in [2.75, 3.05) is 40.1 Å². The highest BCUT2D eigenvalue weighted by Gasteiger charge is 2.29. The average molecular weight is 248 g/mol. The number of aliphatic hydroxyl groups excluding tert-OH is 2. The van der Waals surface area contributed by atoms with Crippen LogP contribution in [0.3, 0.4) is 0 Å². The van der Waals surface area contributed by atoms with Gasteiger partial charge in [0.2, 0.25) is 0 Å². The maximum Gasteiger partial charge on any atom is 0.0510 e. The fourth-order valence-corrected chi connectivity index (χ4v) is 2.00. The third-order valence-electron chi connectivity index (χ3n) is 2.93. The van der Waals surface area contributed by atoms with E-state index >= 15 is 0 Å². The average Bonchev–Trinajstić information content (AvgIpc) is 2.31. The molecule has 0 heterocycles. The van der Waals surface area contributed by atoms with Crippen molar-refractivity contribution in [1.29, 1.82) is 0 Å². The van der Waals surface area contributed by atoms with E-state index < -0.39 is 5.41 Å². The lowest BCUT2D eigenvalue weighted by atomic mass is 9.79. The highest BCUT2D eigenvalue weighted by Crippen LogP contribution is 2.29. The van der Waals surface area contributed by atoms with E-state index in [1.165, 1.54) is 0 Å². The SMILES string of the molecule is COCCCOCCC(CO)(CO)CC(C)C. The quantitative estimate of drug-likeness (QED) is 0.543. The summed E-state index contributed by atoms with van der Waals surface area (Å²) in [4.78, 5) is 0. The molecule has 0 aromatic rings. The zero-order valence-electron chi connectivity index (χ0n) is 11.4. The first-order chi connectivity index (χ1) is 8.10. The van der Waals surface area contributed by atoms with Crippen molar-refractivity contribution in [2.45, 2.75) is 33.1 Å². The molecule has 0 atom stereocenters. The number of hydrogen-bond acceptors (Lipinski definition) is 4. The zero-order valence-corrected chi connectivity index (χ0v) is 11.4. The lowest BCUT2D eigenvalue weighted by molar-refractivity contribution is 0.0000690. The van der Waals surface area contributed by atoms with Crippen LogP contribution in [0.15, 0.2) is 0 Å². The van der Waals surface area contributed by atoms with Crippen LogP contribution in [-0.2, 0) is 9.47 Å². The van der Waals surface area contributed by atoms with E-state index in [2.05, 4.69) is 13.8 Å². The van der Waals surface area contributed by atoms with E-state index in [9.17, 15) is 10.2 Å². The standard InChI is InChI=1S/C13H28O4/c1-12(2)9-13(10-14,11-15)5-8-17-7-4-6-16-3/h12,14-15H,4-11H2,1-3H3. The number of methoxy groups -OCH3 is 1. The predicted octanol–water partition coefficient (Wildman–Crippen LogP) is 1.45. The molecule has 0 spiro atoms. The number of aliphatic hydroxyl groups is 2. The number of ether oxygens (including phenoxy) is 2. The molecule has 0 aliphatic heterocycles. The molecule has 0 rings (SSSR count). The normalized spacial score (nSPS) is 12.4. The Morgan fingerprint density at radius 1 is 1.06 bits per heavy atom. The summed E-state index contributed by atoms with van der Waals surface area (Å²) >= 11 is 0. The molecule has 104 valence electrons. The van der Waals surface area contributed by atoms with Gasteiger partial charge in [0.1, 0.15) is 0 Å². The molecule has 0 bridgehead atoms. The predicted molar refractivity (Wildman–Crippen MR) is 68.0 cm³/mol. The Hall–Kier alpha value is -0.160. The van der Waals surface area contributed by atoms with E-state index in [0.29, 0.717) is 32.2 Å². The summed E-state index contributed by atoms with van der Waals surface area (Å²) in [6, 6.07) is 0. The molecule has 0 fully saturated rings. The van der Waals surface area contributed by atoms with Gasteiger partial charge in [0.05, 0.1) is 13.2 Å². The van der Waals surface area contributed by atoms with Crippen LogP contribution >= 0.6 is 0 Å². The van der Waals surface area contributed by atoms with Crippen LogP contribution in [0, 0.1) is 11.3 Å². The van der Waals surface area contributed by atoms with Crippen molar-refractivity contribution >= 4 is 0 Å². The first-order valence-electron chi connectivity index (χ1n) is 6.38. The molecule has 17 heavy (non-hydrogen) atoms. The van der Waals surface area contributed by atoms with Crippen molar-refractivity contribution in [3.05, 3.63) is 0 Å². The third kappa shape index (κ3) is 7.71. The van der Waals surface area contributed by atoms with Gasteiger partial charge in [0, 0.05) is 32.3 Å². The van der Waals surface area contributed by atoms with Gasteiger partial charge in [0.15, 0.2) is 0 Å². The number of hydrogen-bond donors (Lipinski definition) is 2. The van der Waals surface area contributed by atoms with Gasteiger partial charge in [0.25, 0.3) is 0 Å². The molecule has 2 N–H and O–H groups in total. The lowest BCUT2D eigenvalue weighted by Crippen LogP contribution is -2.33. The molecule has 0 saturated carbocycles. The summed E-state index contributed by atoms with van der Waals surface area (Å²) in [5.41, 5.74) is -0.393. The summed E-state index contributed by atoms with van der Waals surface area (Å²) in [5, 5.41) is 18.9. The Kier molecular flexibility index (Phi) is 9.74. The minimum absolute atomic E-state index is 0.0170. The summed E-state index contributed by atoms with van der Waals surface area (Å²) in [6.45, 7) is 6.18. The topological polar surface area (TPSA) is 58.9 Å². The Labute approximate surface area is 105 Å². The summed E-state index contributed by atoms with van der Waals surface area (Å²) in [6.07, 6.45) is 2.40. The Morgan fingerprint density at radius 2 is 1.71 bits per heavy atom. The van der Waals surface area contributed by atoms with E-state index in [1.54, 1.807) is 7.11 Å². The van der Waals surface area contributed by atoms with Crippen LogP contribution in [0.5, 0.6) is 0 Å². The van der Waals surface area contributed by atoms with E-state index in [-0.39, 0.29) is 13.2 Å². The zero-order chi connectivity index (χ0) is 13.1. The fraction of sp³-hybridized carbons (Fsp3) is 1.00. The van der Waals surface area contributed by atoms with Gasteiger partial charge in [-0.2, -0.15) is 0 Å². The largest absolute Gasteiger partial charge is 0.396 e. The molecule has 4 heteroatoms. The minimum Gasteiger partial charge on any atom is -0.396 e. The van der Waals surface area contributed by atoms with Crippen LogP contribution in [0.1, 0.15) is 33.1 Å². The second-order valence-electron chi connectivity index (χ2n) is 5.12. The maximum atomic E-state index is 9.43. The molecule has 0 amide bonds. The van der Waals surface area contributed by atoms with Gasteiger partial charge in [-0.1, -0.05) is 13.8 Å². The van der Waals surface area contributed by atoms with E-state index in [4.69, 9.17) is 9.47 Å². The molecule has 0 saturated heterocycles. The second-order valence-corrected chi connectivity index (χ2v) is 5.12. The van der Waals surface area contributed by atoms with Crippen molar-refractivity contribution in [2.24, 2.45) is 11.3 Å². The van der Waals surface area contributed by atoms with Crippen molar-refractivity contribution in [3.63, 3.8) is 0 Å². The van der Waals surface area contributed by atoms with E-state index in [1.807, 2.05) is 0 Å². The summed E-state index contributed by atoms with van der Waals surface area (Å²) < 4.78 is 10.4.